The van der Waals surface area contributed by atoms with Gasteiger partial charge in [-0.1, -0.05) is 61.4 Å². The van der Waals surface area contributed by atoms with Crippen molar-refractivity contribution in [2.45, 2.75) is 59.0 Å². The Bertz CT molecular complexity index is 1400. The van der Waals surface area contributed by atoms with Gasteiger partial charge in [-0.3, -0.25) is 13.9 Å². The van der Waals surface area contributed by atoms with Gasteiger partial charge in [-0.05, 0) is 75.6 Å². The highest BCUT2D eigenvalue weighted by molar-refractivity contribution is 7.92. The Morgan fingerprint density at radius 2 is 1.41 bits per heavy atom. The van der Waals surface area contributed by atoms with E-state index in [2.05, 4.69) is 5.32 Å². The third-order valence-electron chi connectivity index (χ3n) is 6.65. The third kappa shape index (κ3) is 8.57. The van der Waals surface area contributed by atoms with E-state index in [1.54, 1.807) is 43.3 Å². The summed E-state index contributed by atoms with van der Waals surface area (Å²) in [5, 5.41) is 2.90. The van der Waals surface area contributed by atoms with Crippen LogP contribution in [0.4, 0.5) is 5.69 Å². The van der Waals surface area contributed by atoms with Gasteiger partial charge in [-0.2, -0.15) is 0 Å². The lowest BCUT2D eigenvalue weighted by atomic mass is 10.1. The number of aryl methyl sites for hydroxylation is 2. The van der Waals surface area contributed by atoms with E-state index in [0.29, 0.717) is 24.6 Å². The molecule has 0 aliphatic rings. The molecule has 9 heteroatoms. The van der Waals surface area contributed by atoms with Crippen molar-refractivity contribution in [3.05, 3.63) is 89.5 Å². The fourth-order valence-corrected chi connectivity index (χ4v) is 5.58. The summed E-state index contributed by atoms with van der Waals surface area (Å²) in [5.41, 5.74) is 3.13. The zero-order valence-corrected chi connectivity index (χ0v) is 25.6. The molecule has 0 saturated carbocycles. The molecular formula is C32H41N3O5S. The van der Waals surface area contributed by atoms with E-state index >= 15 is 0 Å². The van der Waals surface area contributed by atoms with Crippen molar-refractivity contribution >= 4 is 27.5 Å². The van der Waals surface area contributed by atoms with Gasteiger partial charge >= 0.3 is 0 Å². The van der Waals surface area contributed by atoms with Crippen LogP contribution in [0.3, 0.4) is 0 Å². The molecule has 1 N–H and O–H groups in total. The van der Waals surface area contributed by atoms with Gasteiger partial charge in [0.15, 0.2) is 0 Å². The van der Waals surface area contributed by atoms with Crippen molar-refractivity contribution in [3.8, 4) is 5.75 Å². The molecule has 0 heterocycles. The first-order valence-corrected chi connectivity index (χ1v) is 15.3. The van der Waals surface area contributed by atoms with Crippen molar-refractivity contribution in [3.63, 3.8) is 0 Å². The number of nitrogens with one attached hydrogen (secondary N) is 1. The molecule has 3 aromatic rings. The predicted molar refractivity (Wildman–Crippen MR) is 162 cm³/mol. The molecule has 41 heavy (non-hydrogen) atoms. The van der Waals surface area contributed by atoms with E-state index in [4.69, 9.17) is 4.74 Å². The second kappa shape index (κ2) is 14.2. The normalized spacial score (nSPS) is 12.1. The average Bonchev–Trinajstić information content (AvgIpc) is 2.94. The topological polar surface area (TPSA) is 96.0 Å². The molecule has 0 aliphatic carbocycles. The minimum atomic E-state index is -4.13. The van der Waals surface area contributed by atoms with Crippen LogP contribution in [0.1, 0.15) is 44.4 Å². The Morgan fingerprint density at radius 3 is 1.95 bits per heavy atom. The van der Waals surface area contributed by atoms with E-state index in [1.807, 2.05) is 58.9 Å². The lowest BCUT2D eigenvalue weighted by Crippen LogP contribution is -2.51. The maximum atomic E-state index is 14.0. The Kier molecular flexibility index (Phi) is 10.9. The predicted octanol–water partition coefficient (Wildman–Crippen LogP) is 5.09. The lowest BCUT2D eigenvalue weighted by molar-refractivity contribution is -0.139. The van der Waals surface area contributed by atoms with Crippen LogP contribution < -0.4 is 14.4 Å². The van der Waals surface area contributed by atoms with Gasteiger partial charge in [0.25, 0.3) is 10.0 Å². The molecule has 1 unspecified atom stereocenters. The van der Waals surface area contributed by atoms with E-state index in [9.17, 15) is 18.0 Å². The highest BCUT2D eigenvalue weighted by Gasteiger charge is 2.32. The van der Waals surface area contributed by atoms with Crippen LogP contribution in [0, 0.1) is 19.8 Å². The van der Waals surface area contributed by atoms with Gasteiger partial charge in [0.05, 0.1) is 17.2 Å². The number of hydrogen-bond donors (Lipinski definition) is 1. The van der Waals surface area contributed by atoms with Gasteiger partial charge in [0, 0.05) is 13.1 Å². The summed E-state index contributed by atoms with van der Waals surface area (Å²) in [4.78, 5) is 28.6. The van der Waals surface area contributed by atoms with Gasteiger partial charge in [-0.25, -0.2) is 8.42 Å². The number of carbonyl (C=O) groups excluding carboxylic acids is 2. The SMILES string of the molecule is CCOc1ccc(N(CC(=O)N(Cc2ccc(C)cc2)C(C)C(=O)NCC(C)C)S(=O)(=O)c2ccc(C)cc2)cc1. The number of sulfonamides is 1. The minimum Gasteiger partial charge on any atom is -0.494 e. The molecule has 0 bridgehead atoms. The molecule has 0 saturated heterocycles. The van der Waals surface area contributed by atoms with Crippen LogP contribution in [0.2, 0.25) is 0 Å². The summed E-state index contributed by atoms with van der Waals surface area (Å²) >= 11 is 0. The van der Waals surface area contributed by atoms with Gasteiger partial charge in [-0.15, -0.1) is 0 Å². The zero-order chi connectivity index (χ0) is 30.2. The summed E-state index contributed by atoms with van der Waals surface area (Å²) in [6.45, 7) is 12.0. The number of benzene rings is 3. The fourth-order valence-electron chi connectivity index (χ4n) is 4.17. The van der Waals surface area contributed by atoms with E-state index in [-0.39, 0.29) is 23.3 Å². The number of ether oxygens (including phenoxy) is 1. The fraction of sp³-hybridized carbons (Fsp3) is 0.375. The largest absolute Gasteiger partial charge is 0.494 e. The second-order valence-corrected chi connectivity index (χ2v) is 12.4. The number of amides is 2. The number of anilines is 1. The molecular weight excluding hydrogens is 538 g/mol. The number of rotatable bonds is 13. The molecule has 3 aromatic carbocycles. The summed E-state index contributed by atoms with van der Waals surface area (Å²) in [6.07, 6.45) is 0. The Balaban J connectivity index is 2.01. The maximum Gasteiger partial charge on any atom is 0.264 e. The molecule has 0 aromatic heterocycles. The highest BCUT2D eigenvalue weighted by atomic mass is 32.2. The lowest BCUT2D eigenvalue weighted by Gasteiger charge is -2.32. The van der Waals surface area contributed by atoms with Gasteiger partial charge < -0.3 is 15.0 Å². The van der Waals surface area contributed by atoms with E-state index in [1.165, 1.54) is 17.0 Å². The molecule has 2 amide bonds. The summed E-state index contributed by atoms with van der Waals surface area (Å²) in [7, 11) is -4.13. The highest BCUT2D eigenvalue weighted by Crippen LogP contribution is 2.27. The first-order valence-electron chi connectivity index (χ1n) is 13.9. The Morgan fingerprint density at radius 1 is 0.854 bits per heavy atom. The summed E-state index contributed by atoms with van der Waals surface area (Å²) in [6, 6.07) is 19.9. The quantitative estimate of drug-likeness (QED) is 0.305. The summed E-state index contributed by atoms with van der Waals surface area (Å²) < 4.78 is 34.5. The molecule has 3 rings (SSSR count). The molecule has 1 atom stereocenters. The van der Waals surface area contributed by atoms with Crippen LogP contribution in [0.25, 0.3) is 0 Å². The Labute approximate surface area is 244 Å². The average molecular weight is 580 g/mol. The van der Waals surface area contributed by atoms with Crippen molar-refractivity contribution in [2.75, 3.05) is 24.0 Å². The van der Waals surface area contributed by atoms with Crippen molar-refractivity contribution < 1.29 is 22.7 Å². The first-order chi connectivity index (χ1) is 19.4. The van der Waals surface area contributed by atoms with Crippen LogP contribution in [0.15, 0.2) is 77.7 Å². The van der Waals surface area contributed by atoms with E-state index < -0.39 is 28.5 Å². The first kappa shape index (κ1) is 31.7. The standard InChI is InChI=1S/C32H41N3O5S/c1-7-40-29-16-14-28(15-17-29)35(41(38,39)30-18-10-25(5)11-19-30)22-31(36)34(21-27-12-8-24(4)9-13-27)26(6)32(37)33-20-23(2)3/h8-19,23,26H,7,20-22H2,1-6H3,(H,33,37). The number of nitrogens with zero attached hydrogens (tertiary/aromatic N) is 2. The van der Waals surface area contributed by atoms with Crippen LogP contribution >= 0.6 is 0 Å². The Hall–Kier alpha value is -3.85. The molecule has 220 valence electrons. The third-order valence-corrected chi connectivity index (χ3v) is 8.44. The smallest absolute Gasteiger partial charge is 0.264 e. The van der Waals surface area contributed by atoms with Crippen LogP contribution in [-0.4, -0.2) is 50.9 Å². The maximum absolute atomic E-state index is 14.0. The molecule has 0 radical (unpaired) electrons. The van der Waals surface area contributed by atoms with Gasteiger partial charge in [0.2, 0.25) is 11.8 Å². The van der Waals surface area contributed by atoms with E-state index in [0.717, 1.165) is 21.0 Å². The van der Waals surface area contributed by atoms with Gasteiger partial charge in [0.1, 0.15) is 18.3 Å². The number of hydrogen-bond acceptors (Lipinski definition) is 5. The minimum absolute atomic E-state index is 0.0672. The molecule has 0 spiro atoms. The molecule has 0 aliphatic heterocycles. The monoisotopic (exact) mass is 579 g/mol. The number of carbonyl (C=O) groups is 2. The van der Waals surface area contributed by atoms with Crippen LogP contribution in [-0.2, 0) is 26.2 Å². The molecule has 8 nitrogen and oxygen atoms in total. The second-order valence-electron chi connectivity index (χ2n) is 10.6. The zero-order valence-electron chi connectivity index (χ0n) is 24.8. The van der Waals surface area contributed by atoms with Crippen molar-refractivity contribution in [1.82, 2.24) is 10.2 Å². The molecule has 0 fully saturated rings. The van der Waals surface area contributed by atoms with Crippen molar-refractivity contribution in [1.29, 1.82) is 0 Å². The van der Waals surface area contributed by atoms with Crippen molar-refractivity contribution in [2.24, 2.45) is 5.92 Å². The van der Waals surface area contributed by atoms with Crippen LogP contribution in [0.5, 0.6) is 5.75 Å². The summed E-state index contributed by atoms with van der Waals surface area (Å²) in [5.74, 6) is 0.0319.